The first-order valence-corrected chi connectivity index (χ1v) is 9.94. The van der Waals surface area contributed by atoms with E-state index in [1.165, 1.54) is 18.2 Å². The number of carbonyl (C=O) groups is 1. The molecule has 1 aromatic carbocycles. The lowest BCUT2D eigenvalue weighted by Crippen LogP contribution is -2.48. The predicted molar refractivity (Wildman–Crippen MR) is 92.8 cm³/mol. The molecule has 1 amide bonds. The quantitative estimate of drug-likeness (QED) is 0.829. The molecule has 1 aliphatic heterocycles. The fraction of sp³-hybridized carbons (Fsp3) is 0.562. The second-order valence-corrected chi connectivity index (χ2v) is 7.88. The molecular formula is C16H23ClN2O4S. The molecule has 24 heavy (non-hydrogen) atoms. The number of ether oxygens (including phenoxy) is 1. The molecule has 134 valence electrons. The maximum Gasteiger partial charge on any atom is 0.241 e. The fourth-order valence-corrected chi connectivity index (χ4v) is 4.18. The average molecular weight is 375 g/mol. The van der Waals surface area contributed by atoms with Crippen molar-refractivity contribution in [1.29, 1.82) is 0 Å². The summed E-state index contributed by atoms with van der Waals surface area (Å²) >= 11 is 6.04. The summed E-state index contributed by atoms with van der Waals surface area (Å²) in [5, 5.41) is 0.217. The number of amides is 1. The summed E-state index contributed by atoms with van der Waals surface area (Å²) in [4.78, 5) is 14.1. The van der Waals surface area contributed by atoms with Gasteiger partial charge in [0.2, 0.25) is 15.9 Å². The van der Waals surface area contributed by atoms with Crippen LogP contribution in [-0.4, -0.2) is 45.0 Å². The van der Waals surface area contributed by atoms with E-state index in [1.54, 1.807) is 11.8 Å². The van der Waals surface area contributed by atoms with Crippen molar-refractivity contribution in [3.8, 4) is 5.75 Å². The maximum absolute atomic E-state index is 12.5. The molecule has 2 rings (SSSR count). The molecule has 6 nitrogen and oxygen atoms in total. The molecule has 0 aliphatic carbocycles. The van der Waals surface area contributed by atoms with E-state index in [0.717, 1.165) is 19.3 Å². The standard InChI is InChI=1S/C16H23ClN2O4S/c1-3-23-15-8-7-13(11-14(15)17)24(21,22)18-12(2)16(20)19-9-5-4-6-10-19/h7-8,11-12,18H,3-6,9-10H2,1-2H3/t12-/m0/s1. The Labute approximate surface area is 148 Å². The van der Waals surface area contributed by atoms with Crippen LogP contribution in [-0.2, 0) is 14.8 Å². The monoisotopic (exact) mass is 374 g/mol. The number of nitrogens with zero attached hydrogens (tertiary/aromatic N) is 1. The Kier molecular flexibility index (Phi) is 6.48. The van der Waals surface area contributed by atoms with Crippen LogP contribution in [0.3, 0.4) is 0 Å². The fourth-order valence-electron chi connectivity index (χ4n) is 2.66. The summed E-state index contributed by atoms with van der Waals surface area (Å²) in [5.41, 5.74) is 0. The van der Waals surface area contributed by atoms with E-state index in [-0.39, 0.29) is 15.8 Å². The normalized spacial score (nSPS) is 16.7. The number of sulfonamides is 1. The van der Waals surface area contributed by atoms with Crippen molar-refractivity contribution in [1.82, 2.24) is 9.62 Å². The van der Waals surface area contributed by atoms with Gasteiger partial charge in [0.15, 0.2) is 0 Å². The summed E-state index contributed by atoms with van der Waals surface area (Å²) in [7, 11) is -3.83. The summed E-state index contributed by atoms with van der Waals surface area (Å²) < 4.78 is 32.7. The van der Waals surface area contributed by atoms with Crippen molar-refractivity contribution in [2.45, 2.75) is 44.0 Å². The number of piperidine rings is 1. The molecule has 0 saturated carbocycles. The Hall–Kier alpha value is -1.31. The minimum absolute atomic E-state index is 0.00856. The first-order valence-electron chi connectivity index (χ1n) is 8.08. The summed E-state index contributed by atoms with van der Waals surface area (Å²) in [6.07, 6.45) is 3.02. The Morgan fingerprint density at radius 1 is 1.33 bits per heavy atom. The highest BCUT2D eigenvalue weighted by molar-refractivity contribution is 7.89. The van der Waals surface area contributed by atoms with Gasteiger partial charge in [-0.2, -0.15) is 4.72 Å². The highest BCUT2D eigenvalue weighted by atomic mass is 35.5. The zero-order valence-electron chi connectivity index (χ0n) is 13.9. The van der Waals surface area contributed by atoms with E-state index >= 15 is 0 Å². The molecule has 1 aromatic rings. The first-order chi connectivity index (χ1) is 11.3. The Bertz CT molecular complexity index is 687. The number of hydrogen-bond donors (Lipinski definition) is 1. The number of nitrogens with one attached hydrogen (secondary N) is 1. The number of rotatable bonds is 6. The van der Waals surface area contributed by atoms with E-state index in [2.05, 4.69) is 4.72 Å². The van der Waals surface area contributed by atoms with Gasteiger partial charge in [-0.3, -0.25) is 4.79 Å². The van der Waals surface area contributed by atoms with Crippen LogP contribution in [0, 0.1) is 0 Å². The minimum Gasteiger partial charge on any atom is -0.492 e. The molecule has 1 saturated heterocycles. The third kappa shape index (κ3) is 4.62. The Morgan fingerprint density at radius 2 is 2.00 bits per heavy atom. The lowest BCUT2D eigenvalue weighted by Gasteiger charge is -2.29. The molecule has 0 unspecified atom stereocenters. The van der Waals surface area contributed by atoms with Crippen LogP contribution in [0.1, 0.15) is 33.1 Å². The summed E-state index contributed by atoms with van der Waals surface area (Å²) in [6.45, 7) is 5.17. The molecule has 0 aromatic heterocycles. The van der Waals surface area contributed by atoms with E-state index in [4.69, 9.17) is 16.3 Å². The van der Waals surface area contributed by atoms with Gasteiger partial charge >= 0.3 is 0 Å². The number of benzene rings is 1. The van der Waals surface area contributed by atoms with Gasteiger partial charge in [-0.15, -0.1) is 0 Å². The molecule has 0 bridgehead atoms. The molecule has 0 radical (unpaired) electrons. The molecule has 1 aliphatic rings. The zero-order valence-corrected chi connectivity index (χ0v) is 15.5. The first kappa shape index (κ1) is 19.0. The Morgan fingerprint density at radius 3 is 2.58 bits per heavy atom. The van der Waals surface area contributed by atoms with Crippen LogP contribution in [0.2, 0.25) is 5.02 Å². The lowest BCUT2D eigenvalue weighted by atomic mass is 10.1. The van der Waals surface area contributed by atoms with Gasteiger partial charge in [-0.05, 0) is 51.3 Å². The zero-order chi connectivity index (χ0) is 17.7. The number of carbonyl (C=O) groups excluding carboxylic acids is 1. The van der Waals surface area contributed by atoms with E-state index in [0.29, 0.717) is 25.4 Å². The SMILES string of the molecule is CCOc1ccc(S(=O)(=O)N[C@@H](C)C(=O)N2CCCCC2)cc1Cl. The van der Waals surface area contributed by atoms with E-state index in [1.807, 2.05) is 6.92 Å². The van der Waals surface area contributed by atoms with Gasteiger partial charge in [0.05, 0.1) is 22.6 Å². The number of likely N-dealkylation sites (tertiary alicyclic amines) is 1. The van der Waals surface area contributed by atoms with E-state index < -0.39 is 16.1 Å². The molecule has 8 heteroatoms. The third-order valence-corrected chi connectivity index (χ3v) is 5.72. The molecule has 1 heterocycles. The van der Waals surface area contributed by atoms with Crippen molar-refractivity contribution >= 4 is 27.5 Å². The van der Waals surface area contributed by atoms with Crippen molar-refractivity contribution in [3.05, 3.63) is 23.2 Å². The van der Waals surface area contributed by atoms with Crippen LogP contribution < -0.4 is 9.46 Å². The van der Waals surface area contributed by atoms with Crippen LogP contribution in [0.25, 0.3) is 0 Å². The molecular weight excluding hydrogens is 352 g/mol. The van der Waals surface area contributed by atoms with Crippen LogP contribution in [0.5, 0.6) is 5.75 Å². The summed E-state index contributed by atoms with van der Waals surface area (Å²) in [5.74, 6) is 0.228. The minimum atomic E-state index is -3.83. The topological polar surface area (TPSA) is 75.7 Å². The second kappa shape index (κ2) is 8.18. The van der Waals surface area contributed by atoms with Crippen molar-refractivity contribution in [3.63, 3.8) is 0 Å². The smallest absolute Gasteiger partial charge is 0.241 e. The second-order valence-electron chi connectivity index (χ2n) is 5.75. The van der Waals surface area contributed by atoms with Crippen molar-refractivity contribution < 1.29 is 17.9 Å². The van der Waals surface area contributed by atoms with Gasteiger partial charge in [0.25, 0.3) is 0 Å². The van der Waals surface area contributed by atoms with Crippen molar-refractivity contribution in [2.75, 3.05) is 19.7 Å². The van der Waals surface area contributed by atoms with Gasteiger partial charge in [-0.1, -0.05) is 11.6 Å². The number of halogens is 1. The molecule has 1 atom stereocenters. The van der Waals surface area contributed by atoms with Crippen LogP contribution in [0.15, 0.2) is 23.1 Å². The predicted octanol–water partition coefficient (Wildman–Crippen LogP) is 2.42. The van der Waals surface area contributed by atoms with Crippen LogP contribution >= 0.6 is 11.6 Å². The average Bonchev–Trinajstić information content (AvgIpc) is 2.56. The number of hydrogen-bond acceptors (Lipinski definition) is 4. The maximum atomic E-state index is 12.5. The molecule has 1 N–H and O–H groups in total. The third-order valence-electron chi connectivity index (χ3n) is 3.88. The van der Waals surface area contributed by atoms with Gasteiger partial charge < -0.3 is 9.64 Å². The van der Waals surface area contributed by atoms with Gasteiger partial charge in [0, 0.05) is 13.1 Å². The van der Waals surface area contributed by atoms with Crippen molar-refractivity contribution in [2.24, 2.45) is 0 Å². The van der Waals surface area contributed by atoms with Gasteiger partial charge in [-0.25, -0.2) is 8.42 Å². The molecule has 1 fully saturated rings. The summed E-state index contributed by atoms with van der Waals surface area (Å²) in [6, 6.07) is 3.43. The highest BCUT2D eigenvalue weighted by Crippen LogP contribution is 2.27. The lowest BCUT2D eigenvalue weighted by molar-refractivity contribution is -0.133. The van der Waals surface area contributed by atoms with E-state index in [9.17, 15) is 13.2 Å². The van der Waals surface area contributed by atoms with Crippen LogP contribution in [0.4, 0.5) is 0 Å². The van der Waals surface area contributed by atoms with Gasteiger partial charge in [0.1, 0.15) is 5.75 Å². The Balaban J connectivity index is 2.09. The highest BCUT2D eigenvalue weighted by Gasteiger charge is 2.27. The molecule has 0 spiro atoms. The largest absolute Gasteiger partial charge is 0.492 e.